The Labute approximate surface area is 124 Å². The fraction of sp³-hybridized carbons (Fsp3) is 0.722. The first-order chi connectivity index (χ1) is 9.58. The van der Waals surface area contributed by atoms with Crippen LogP contribution in [0.25, 0.3) is 0 Å². The van der Waals surface area contributed by atoms with Gasteiger partial charge in [0.25, 0.3) is 0 Å². The van der Waals surface area contributed by atoms with Gasteiger partial charge in [0.15, 0.2) is 0 Å². The van der Waals surface area contributed by atoms with Gasteiger partial charge in [-0.2, -0.15) is 0 Å². The standard InChI is InChI=1S/C18H30O2/c1-6-8-12-16(7-2)17(13-19)18(20-5)14(3)10-9-11-15(18)4/h10-11,13,16-17H,6-9,12H2,1-5H3. The quantitative estimate of drug-likeness (QED) is 0.475. The van der Waals surface area contributed by atoms with Crippen LogP contribution >= 0.6 is 0 Å². The monoisotopic (exact) mass is 278 g/mol. The number of methoxy groups -OCH3 is 1. The maximum absolute atomic E-state index is 11.9. The van der Waals surface area contributed by atoms with E-state index in [-0.39, 0.29) is 5.92 Å². The van der Waals surface area contributed by atoms with E-state index < -0.39 is 5.60 Å². The van der Waals surface area contributed by atoms with E-state index in [0.29, 0.717) is 5.92 Å². The van der Waals surface area contributed by atoms with Crippen molar-refractivity contribution in [3.8, 4) is 0 Å². The summed E-state index contributed by atoms with van der Waals surface area (Å²) >= 11 is 0. The molecule has 2 unspecified atom stereocenters. The van der Waals surface area contributed by atoms with Crippen molar-refractivity contribution in [3.63, 3.8) is 0 Å². The zero-order valence-corrected chi connectivity index (χ0v) is 13.7. The van der Waals surface area contributed by atoms with Gasteiger partial charge >= 0.3 is 0 Å². The van der Waals surface area contributed by atoms with Crippen LogP contribution in [0.15, 0.2) is 23.3 Å². The summed E-state index contributed by atoms with van der Waals surface area (Å²) < 4.78 is 5.95. The molecule has 0 saturated carbocycles. The lowest BCUT2D eigenvalue weighted by Crippen LogP contribution is -2.47. The minimum Gasteiger partial charge on any atom is -0.369 e. The van der Waals surface area contributed by atoms with Crippen molar-refractivity contribution in [2.24, 2.45) is 11.8 Å². The van der Waals surface area contributed by atoms with Gasteiger partial charge in [0, 0.05) is 7.11 Å². The molecule has 0 saturated heterocycles. The van der Waals surface area contributed by atoms with Crippen molar-refractivity contribution >= 4 is 6.29 Å². The van der Waals surface area contributed by atoms with Gasteiger partial charge < -0.3 is 9.53 Å². The molecule has 0 fully saturated rings. The second-order valence-electron chi connectivity index (χ2n) is 5.92. The van der Waals surface area contributed by atoms with Gasteiger partial charge in [0.05, 0.1) is 5.92 Å². The largest absolute Gasteiger partial charge is 0.369 e. The molecule has 114 valence electrons. The molecule has 2 nitrogen and oxygen atoms in total. The number of hydrogen-bond acceptors (Lipinski definition) is 2. The van der Waals surface area contributed by atoms with Gasteiger partial charge in [0.1, 0.15) is 11.9 Å². The molecule has 20 heavy (non-hydrogen) atoms. The molecule has 1 rings (SSSR count). The third-order valence-electron chi connectivity index (χ3n) is 4.92. The van der Waals surface area contributed by atoms with E-state index >= 15 is 0 Å². The van der Waals surface area contributed by atoms with Crippen molar-refractivity contribution < 1.29 is 9.53 Å². The van der Waals surface area contributed by atoms with E-state index in [4.69, 9.17) is 4.74 Å². The number of aldehydes is 1. The number of ether oxygens (including phenoxy) is 1. The third kappa shape index (κ3) is 3.06. The Balaban J connectivity index is 3.16. The molecule has 0 aromatic rings. The Bertz CT molecular complexity index is 361. The molecule has 1 aliphatic carbocycles. The maximum Gasteiger partial charge on any atom is 0.126 e. The summed E-state index contributed by atoms with van der Waals surface area (Å²) in [4.78, 5) is 11.9. The molecule has 0 amide bonds. The minimum atomic E-state index is -0.519. The summed E-state index contributed by atoms with van der Waals surface area (Å²) in [5, 5.41) is 0. The van der Waals surface area contributed by atoms with E-state index in [1.54, 1.807) is 7.11 Å². The van der Waals surface area contributed by atoms with Crippen LogP contribution in [-0.2, 0) is 9.53 Å². The van der Waals surface area contributed by atoms with Gasteiger partial charge in [0.2, 0.25) is 0 Å². The Morgan fingerprint density at radius 1 is 1.30 bits per heavy atom. The topological polar surface area (TPSA) is 26.3 Å². The number of hydrogen-bond donors (Lipinski definition) is 0. The van der Waals surface area contributed by atoms with E-state index in [1.165, 1.54) is 24.0 Å². The number of carbonyl (C=O) groups excluding carboxylic acids is 1. The summed E-state index contributed by atoms with van der Waals surface area (Å²) in [6.07, 6.45) is 10.9. The molecule has 0 spiro atoms. The van der Waals surface area contributed by atoms with Crippen LogP contribution in [-0.4, -0.2) is 19.0 Å². The highest BCUT2D eigenvalue weighted by molar-refractivity contribution is 5.61. The minimum absolute atomic E-state index is 0.0863. The average molecular weight is 278 g/mol. The van der Waals surface area contributed by atoms with Crippen LogP contribution in [0.1, 0.15) is 59.8 Å². The van der Waals surface area contributed by atoms with Gasteiger partial charge in [-0.3, -0.25) is 0 Å². The Hall–Kier alpha value is -0.890. The van der Waals surface area contributed by atoms with E-state index in [1.807, 2.05) is 0 Å². The third-order valence-corrected chi connectivity index (χ3v) is 4.92. The molecule has 0 radical (unpaired) electrons. The average Bonchev–Trinajstić information content (AvgIpc) is 2.45. The van der Waals surface area contributed by atoms with Crippen LogP contribution < -0.4 is 0 Å². The van der Waals surface area contributed by atoms with Gasteiger partial charge in [-0.15, -0.1) is 0 Å². The summed E-state index contributed by atoms with van der Waals surface area (Å²) in [6.45, 7) is 8.58. The molecular weight excluding hydrogens is 248 g/mol. The maximum atomic E-state index is 11.9. The van der Waals surface area contributed by atoms with Crippen molar-refractivity contribution in [2.45, 2.75) is 65.4 Å². The van der Waals surface area contributed by atoms with Crippen LogP contribution in [0.2, 0.25) is 0 Å². The van der Waals surface area contributed by atoms with Crippen molar-refractivity contribution in [2.75, 3.05) is 7.11 Å². The van der Waals surface area contributed by atoms with Crippen LogP contribution in [0.5, 0.6) is 0 Å². The van der Waals surface area contributed by atoms with Gasteiger partial charge in [-0.25, -0.2) is 0 Å². The number of unbranched alkanes of at least 4 members (excludes halogenated alkanes) is 1. The Morgan fingerprint density at radius 2 is 1.90 bits per heavy atom. The first-order valence-electron chi connectivity index (χ1n) is 7.93. The molecule has 2 heteroatoms. The second kappa shape index (κ2) is 7.78. The zero-order chi connectivity index (χ0) is 15.2. The lowest BCUT2D eigenvalue weighted by molar-refractivity contribution is -0.121. The Morgan fingerprint density at radius 3 is 2.30 bits per heavy atom. The molecular formula is C18H30O2. The highest BCUT2D eigenvalue weighted by Crippen LogP contribution is 2.44. The molecule has 1 aliphatic rings. The zero-order valence-electron chi connectivity index (χ0n) is 13.7. The first-order valence-corrected chi connectivity index (χ1v) is 7.93. The molecule has 0 heterocycles. The molecule has 0 aromatic carbocycles. The predicted octanol–water partition coefficient (Wildman–Crippen LogP) is 4.70. The van der Waals surface area contributed by atoms with Crippen molar-refractivity contribution in [3.05, 3.63) is 23.3 Å². The highest BCUT2D eigenvalue weighted by Gasteiger charge is 2.46. The lowest BCUT2D eigenvalue weighted by atomic mass is 9.67. The fourth-order valence-corrected chi connectivity index (χ4v) is 3.65. The van der Waals surface area contributed by atoms with Crippen molar-refractivity contribution in [1.29, 1.82) is 0 Å². The first kappa shape index (κ1) is 17.2. The second-order valence-corrected chi connectivity index (χ2v) is 5.92. The van der Waals surface area contributed by atoms with Crippen LogP contribution in [0.4, 0.5) is 0 Å². The van der Waals surface area contributed by atoms with Crippen LogP contribution in [0.3, 0.4) is 0 Å². The smallest absolute Gasteiger partial charge is 0.126 e. The fourth-order valence-electron chi connectivity index (χ4n) is 3.65. The molecule has 0 aromatic heterocycles. The van der Waals surface area contributed by atoms with E-state index in [2.05, 4.69) is 39.8 Å². The Kier molecular flexibility index (Phi) is 6.67. The molecule has 0 aliphatic heterocycles. The van der Waals surface area contributed by atoms with Crippen LogP contribution in [0, 0.1) is 11.8 Å². The van der Waals surface area contributed by atoms with Crippen molar-refractivity contribution in [1.82, 2.24) is 0 Å². The van der Waals surface area contributed by atoms with Gasteiger partial charge in [-0.05, 0) is 43.8 Å². The SMILES string of the molecule is CCCCC(CC)C(C=O)C1(OC)C(C)=CCC=C1C. The predicted molar refractivity (Wildman–Crippen MR) is 84.7 cm³/mol. The van der Waals surface area contributed by atoms with E-state index in [9.17, 15) is 4.79 Å². The van der Waals surface area contributed by atoms with E-state index in [0.717, 1.165) is 25.5 Å². The number of carbonyl (C=O) groups is 1. The summed E-state index contributed by atoms with van der Waals surface area (Å²) in [7, 11) is 1.74. The molecule has 2 atom stereocenters. The summed E-state index contributed by atoms with van der Waals surface area (Å²) in [5.74, 6) is 0.300. The normalized spacial score (nSPS) is 20.9. The number of rotatable bonds is 8. The van der Waals surface area contributed by atoms with Gasteiger partial charge in [-0.1, -0.05) is 45.3 Å². The molecule has 0 N–H and O–H groups in total. The summed E-state index contributed by atoms with van der Waals surface area (Å²) in [5.41, 5.74) is 1.85. The highest BCUT2D eigenvalue weighted by atomic mass is 16.5. The lowest BCUT2D eigenvalue weighted by Gasteiger charge is -2.44. The molecule has 0 bridgehead atoms. The number of allylic oxidation sites excluding steroid dienone is 2. The summed E-state index contributed by atoms with van der Waals surface area (Å²) in [6, 6.07) is 0.